The van der Waals surface area contributed by atoms with E-state index in [1.807, 2.05) is 0 Å². The molecule has 0 aromatic carbocycles. The van der Waals surface area contributed by atoms with Gasteiger partial charge >= 0.3 is 0 Å². The van der Waals surface area contributed by atoms with Gasteiger partial charge in [-0.2, -0.15) is 10.2 Å². The van der Waals surface area contributed by atoms with Gasteiger partial charge in [0.15, 0.2) is 0 Å². The zero-order valence-corrected chi connectivity index (χ0v) is 20.1. The number of carbonyl (C=O) groups excluding carboxylic acids is 2. The molecule has 0 radical (unpaired) electrons. The predicted octanol–water partition coefficient (Wildman–Crippen LogP) is 2.09. The van der Waals surface area contributed by atoms with Gasteiger partial charge in [0.25, 0.3) is 11.5 Å². The summed E-state index contributed by atoms with van der Waals surface area (Å²) >= 11 is 0. The first kappa shape index (κ1) is 25.8. The van der Waals surface area contributed by atoms with Crippen molar-refractivity contribution in [1.29, 1.82) is 5.41 Å². The van der Waals surface area contributed by atoms with E-state index < -0.39 is 29.6 Å². The number of carbonyl (C=O) groups is 2. The average molecular weight is 485 g/mol. The maximum absolute atomic E-state index is 13.3. The predicted molar refractivity (Wildman–Crippen MR) is 130 cm³/mol. The second-order valence-electron chi connectivity index (χ2n) is 8.96. The molecular formula is C23H32N8O4. The van der Waals surface area contributed by atoms with Crippen LogP contribution in [0.1, 0.15) is 64.5 Å². The first-order valence-electron chi connectivity index (χ1n) is 11.7. The Hall–Kier alpha value is -3.83. The molecule has 2 amide bonds. The molecular weight excluding hydrogens is 452 g/mol. The molecule has 1 aliphatic carbocycles. The van der Waals surface area contributed by atoms with Crippen molar-refractivity contribution >= 4 is 28.9 Å². The number of nitrogens with one attached hydrogen (secondary N) is 4. The molecule has 35 heavy (non-hydrogen) atoms. The highest BCUT2D eigenvalue weighted by Gasteiger charge is 2.34. The van der Waals surface area contributed by atoms with Gasteiger partial charge in [0.05, 0.1) is 17.9 Å². The van der Waals surface area contributed by atoms with Crippen LogP contribution >= 0.6 is 0 Å². The lowest BCUT2D eigenvalue weighted by Crippen LogP contribution is -2.52. The van der Waals surface area contributed by atoms with Gasteiger partial charge in [0.2, 0.25) is 5.91 Å². The van der Waals surface area contributed by atoms with Crippen LogP contribution in [0.3, 0.4) is 0 Å². The van der Waals surface area contributed by atoms with Gasteiger partial charge in [0, 0.05) is 18.0 Å². The van der Waals surface area contributed by atoms with Gasteiger partial charge in [-0.25, -0.2) is 5.10 Å². The van der Waals surface area contributed by atoms with Crippen molar-refractivity contribution in [2.75, 3.05) is 5.32 Å². The Morgan fingerprint density at radius 3 is 2.69 bits per heavy atom. The Kier molecular flexibility index (Phi) is 8.50. The molecule has 188 valence electrons. The number of aromatic nitrogens is 4. The molecule has 1 saturated carbocycles. The zero-order valence-electron chi connectivity index (χ0n) is 20.1. The lowest BCUT2D eigenvalue weighted by Gasteiger charge is -2.32. The fourth-order valence-electron chi connectivity index (χ4n) is 4.32. The molecule has 2 atom stereocenters. The maximum atomic E-state index is 13.3. The highest BCUT2D eigenvalue weighted by Crippen LogP contribution is 2.31. The fourth-order valence-corrected chi connectivity index (χ4v) is 4.32. The molecule has 12 heteroatoms. The summed E-state index contributed by atoms with van der Waals surface area (Å²) in [6.45, 7) is 5.63. The third-order valence-corrected chi connectivity index (χ3v) is 6.55. The van der Waals surface area contributed by atoms with Crippen LogP contribution in [0.25, 0.3) is 0 Å². The van der Waals surface area contributed by atoms with E-state index in [2.05, 4.69) is 38.0 Å². The van der Waals surface area contributed by atoms with Crippen LogP contribution in [0.2, 0.25) is 0 Å². The summed E-state index contributed by atoms with van der Waals surface area (Å²) in [6.07, 6.45) is 8.19. The lowest BCUT2D eigenvalue weighted by molar-refractivity contribution is -0.124. The largest absolute Gasteiger partial charge is 0.411 e. The molecule has 1 aliphatic rings. The summed E-state index contributed by atoms with van der Waals surface area (Å²) in [5.41, 5.74) is 0.0347. The summed E-state index contributed by atoms with van der Waals surface area (Å²) in [6, 6.07) is 0.346. The topological polar surface area (TPSA) is 178 Å². The van der Waals surface area contributed by atoms with E-state index in [0.29, 0.717) is 17.2 Å². The molecule has 1 unspecified atom stereocenters. The highest BCUT2D eigenvalue weighted by atomic mass is 16.4. The molecule has 0 saturated heterocycles. The normalized spacial score (nSPS) is 20.0. The van der Waals surface area contributed by atoms with Crippen molar-refractivity contribution in [2.45, 2.75) is 65.0 Å². The summed E-state index contributed by atoms with van der Waals surface area (Å²) in [5.74, 6) is -0.727. The number of nitrogens with zero attached hydrogens (tertiary/aromatic N) is 4. The van der Waals surface area contributed by atoms with Gasteiger partial charge in [-0.1, -0.05) is 31.8 Å². The third kappa shape index (κ3) is 6.19. The van der Waals surface area contributed by atoms with Crippen molar-refractivity contribution in [2.24, 2.45) is 17.0 Å². The van der Waals surface area contributed by atoms with Crippen molar-refractivity contribution in [3.8, 4) is 0 Å². The van der Waals surface area contributed by atoms with Crippen LogP contribution in [0.15, 0.2) is 34.6 Å². The summed E-state index contributed by atoms with van der Waals surface area (Å²) in [7, 11) is 0. The van der Waals surface area contributed by atoms with E-state index in [1.54, 1.807) is 30.8 Å². The summed E-state index contributed by atoms with van der Waals surface area (Å²) in [5, 5.41) is 35.9. The number of hydrogen-bond acceptors (Lipinski definition) is 8. The second-order valence-corrected chi connectivity index (χ2v) is 8.96. The summed E-state index contributed by atoms with van der Waals surface area (Å²) in [4.78, 5) is 38.0. The van der Waals surface area contributed by atoms with Crippen molar-refractivity contribution < 1.29 is 14.8 Å². The van der Waals surface area contributed by atoms with Gasteiger partial charge in [-0.05, 0) is 44.1 Å². The number of rotatable bonds is 9. The molecule has 12 nitrogen and oxygen atoms in total. The van der Waals surface area contributed by atoms with Crippen molar-refractivity contribution in [1.82, 2.24) is 25.3 Å². The minimum Gasteiger partial charge on any atom is -0.411 e. The molecule has 0 spiro atoms. The Labute approximate surface area is 202 Å². The number of oxime groups is 1. The zero-order chi connectivity index (χ0) is 25.5. The van der Waals surface area contributed by atoms with Crippen LogP contribution in [-0.2, 0) is 9.59 Å². The second kappa shape index (κ2) is 11.5. The van der Waals surface area contributed by atoms with E-state index in [-0.39, 0.29) is 23.6 Å². The van der Waals surface area contributed by atoms with E-state index >= 15 is 0 Å². The molecule has 0 bridgehead atoms. The van der Waals surface area contributed by atoms with E-state index in [9.17, 15) is 14.4 Å². The number of hydrogen-bond donors (Lipinski definition) is 5. The van der Waals surface area contributed by atoms with Gasteiger partial charge in [-0.15, -0.1) is 0 Å². The molecule has 3 rings (SSSR count). The SMILES string of the molecule is CC/C(=N/O)C(=N)C(=O)N[C@H](C(=O)Nc1cnn(C(C)c2ccn[nH]c2=O)c1)C1CCC(C)CC1. The molecule has 2 aromatic heterocycles. The van der Waals surface area contributed by atoms with Crippen LogP contribution in [0.4, 0.5) is 5.69 Å². The van der Waals surface area contributed by atoms with Gasteiger partial charge in [-0.3, -0.25) is 24.5 Å². The third-order valence-electron chi connectivity index (χ3n) is 6.55. The lowest BCUT2D eigenvalue weighted by atomic mass is 9.79. The van der Waals surface area contributed by atoms with Crippen LogP contribution < -0.4 is 16.2 Å². The van der Waals surface area contributed by atoms with Crippen LogP contribution in [-0.4, -0.2) is 54.5 Å². The van der Waals surface area contributed by atoms with Crippen molar-refractivity contribution in [3.63, 3.8) is 0 Å². The Balaban J connectivity index is 1.76. The van der Waals surface area contributed by atoms with E-state index in [1.165, 1.54) is 12.4 Å². The molecule has 5 N–H and O–H groups in total. The molecule has 0 aliphatic heterocycles. The molecule has 1 fully saturated rings. The Morgan fingerprint density at radius 2 is 2.06 bits per heavy atom. The summed E-state index contributed by atoms with van der Waals surface area (Å²) < 4.78 is 1.55. The Morgan fingerprint density at radius 1 is 1.34 bits per heavy atom. The maximum Gasteiger partial charge on any atom is 0.271 e. The quantitative estimate of drug-likeness (QED) is 0.206. The van der Waals surface area contributed by atoms with Crippen LogP contribution in [0, 0.1) is 17.2 Å². The van der Waals surface area contributed by atoms with Crippen molar-refractivity contribution in [3.05, 3.63) is 40.6 Å². The number of H-pyrrole nitrogens is 1. The highest BCUT2D eigenvalue weighted by molar-refractivity contribution is 6.65. The number of anilines is 1. The molecule has 2 heterocycles. The molecule has 2 aromatic rings. The van der Waals surface area contributed by atoms with Crippen LogP contribution in [0.5, 0.6) is 0 Å². The monoisotopic (exact) mass is 484 g/mol. The fraction of sp³-hybridized carbons (Fsp3) is 0.522. The number of amides is 2. The minimum atomic E-state index is -0.865. The van der Waals surface area contributed by atoms with E-state index in [4.69, 9.17) is 10.6 Å². The first-order chi connectivity index (χ1) is 16.7. The standard InChI is InChI=1S/C23H32N8O4/c1-4-18(30-35)19(24)22(33)28-20(15-7-5-13(2)6-8-15)23(34)27-16-11-26-31(12-16)14(3)17-9-10-25-29-21(17)32/h9-15,20,24,35H,4-8H2,1-3H3,(H,27,34)(H,28,33)(H,29,32)/b24-19?,30-18-/t13?,14?,15?,20-/m0/s1. The Bertz CT molecular complexity index is 1150. The van der Waals surface area contributed by atoms with Gasteiger partial charge in [0.1, 0.15) is 17.5 Å². The van der Waals surface area contributed by atoms with E-state index in [0.717, 1.165) is 25.7 Å². The minimum absolute atomic E-state index is 0.0553. The average Bonchev–Trinajstić information content (AvgIpc) is 3.32. The van der Waals surface area contributed by atoms with Gasteiger partial charge < -0.3 is 15.8 Å². The first-order valence-corrected chi connectivity index (χ1v) is 11.7. The smallest absolute Gasteiger partial charge is 0.271 e. The number of aromatic amines is 1.